The normalized spacial score (nSPS) is 11.0. The van der Waals surface area contributed by atoms with Crippen molar-refractivity contribution in [2.24, 2.45) is 12.0 Å². The van der Waals surface area contributed by atoms with E-state index in [9.17, 15) is 0 Å². The molecule has 0 saturated carbocycles. The summed E-state index contributed by atoms with van der Waals surface area (Å²) in [4.78, 5) is 7.68. The highest BCUT2D eigenvalue weighted by Crippen LogP contribution is 2.15. The fourth-order valence-electron chi connectivity index (χ4n) is 2.09. The first-order valence-corrected chi connectivity index (χ1v) is 8.24. The topological polar surface area (TPSA) is 58.3 Å². The van der Waals surface area contributed by atoms with Crippen LogP contribution < -0.4 is 5.32 Å². The van der Waals surface area contributed by atoms with Gasteiger partial charge in [0.1, 0.15) is 6.33 Å². The van der Waals surface area contributed by atoms with E-state index >= 15 is 0 Å². The number of aliphatic imine (C=N–C) groups is 1. The first kappa shape index (κ1) is 19.8. The summed E-state index contributed by atoms with van der Waals surface area (Å²) >= 11 is 1.75. The van der Waals surface area contributed by atoms with Crippen LogP contribution in [0.3, 0.4) is 0 Å². The molecule has 0 atom stereocenters. The average molecular weight is 446 g/mol. The molecule has 1 N–H and O–H groups in total. The molecule has 0 amide bonds. The van der Waals surface area contributed by atoms with Gasteiger partial charge in [-0.3, -0.25) is 4.99 Å². The lowest BCUT2D eigenvalue weighted by atomic mass is 10.2. The maximum Gasteiger partial charge on any atom is 0.194 e. The molecule has 0 aliphatic carbocycles. The van der Waals surface area contributed by atoms with E-state index in [1.54, 1.807) is 25.1 Å². The molecule has 0 bridgehead atoms. The molecule has 0 spiro atoms. The van der Waals surface area contributed by atoms with E-state index in [1.165, 1.54) is 10.5 Å². The minimum absolute atomic E-state index is 0. The number of halogens is 1. The molecule has 0 saturated heterocycles. The van der Waals surface area contributed by atoms with Crippen LogP contribution in [-0.4, -0.2) is 46.0 Å². The van der Waals surface area contributed by atoms with Crippen LogP contribution in [-0.2, 0) is 20.1 Å². The Morgan fingerprint density at radius 2 is 2.04 bits per heavy atom. The van der Waals surface area contributed by atoms with Gasteiger partial charge in [-0.05, 0) is 24.0 Å². The molecule has 2 rings (SSSR count). The van der Waals surface area contributed by atoms with Crippen LogP contribution >= 0.6 is 35.7 Å². The van der Waals surface area contributed by atoms with Gasteiger partial charge >= 0.3 is 0 Å². The second-order valence-electron chi connectivity index (χ2n) is 4.96. The Morgan fingerprint density at radius 3 is 2.57 bits per heavy atom. The van der Waals surface area contributed by atoms with Crippen molar-refractivity contribution in [1.29, 1.82) is 0 Å². The van der Waals surface area contributed by atoms with E-state index in [0.29, 0.717) is 6.54 Å². The number of thioether (sulfide) groups is 1. The maximum atomic E-state index is 4.32. The van der Waals surface area contributed by atoms with E-state index in [2.05, 4.69) is 55.9 Å². The summed E-state index contributed by atoms with van der Waals surface area (Å²) in [7, 11) is 5.73. The zero-order valence-corrected chi connectivity index (χ0v) is 17.0. The highest BCUT2D eigenvalue weighted by molar-refractivity contribution is 14.0. The zero-order chi connectivity index (χ0) is 15.9. The Balaban J connectivity index is 0.00000264. The predicted molar refractivity (Wildman–Crippen MR) is 106 cm³/mol. The van der Waals surface area contributed by atoms with Gasteiger partial charge < -0.3 is 14.8 Å². The van der Waals surface area contributed by atoms with E-state index < -0.39 is 0 Å². The third kappa shape index (κ3) is 5.69. The lowest BCUT2D eigenvalue weighted by Crippen LogP contribution is -2.38. The van der Waals surface area contributed by atoms with Crippen molar-refractivity contribution in [3.8, 4) is 0 Å². The van der Waals surface area contributed by atoms with Crippen molar-refractivity contribution in [1.82, 2.24) is 25.0 Å². The minimum Gasteiger partial charge on any atom is -0.349 e. The van der Waals surface area contributed by atoms with E-state index in [-0.39, 0.29) is 24.0 Å². The van der Waals surface area contributed by atoms with Crippen molar-refractivity contribution in [2.75, 3.05) is 20.4 Å². The van der Waals surface area contributed by atoms with Gasteiger partial charge in [-0.25, -0.2) is 0 Å². The van der Waals surface area contributed by atoms with Gasteiger partial charge in [-0.2, -0.15) is 0 Å². The average Bonchev–Trinajstić information content (AvgIpc) is 2.94. The van der Waals surface area contributed by atoms with Crippen molar-refractivity contribution in [3.05, 3.63) is 42.0 Å². The molecule has 6 nitrogen and oxygen atoms in total. The molecule has 126 valence electrons. The Hall–Kier alpha value is -1.29. The quantitative estimate of drug-likeness (QED) is 0.331. The van der Waals surface area contributed by atoms with E-state index in [1.807, 2.05) is 18.7 Å². The molecule has 1 heterocycles. The van der Waals surface area contributed by atoms with Gasteiger partial charge in [-0.1, -0.05) is 12.1 Å². The molecule has 2 aromatic rings. The molecule has 1 aromatic heterocycles. The lowest BCUT2D eigenvalue weighted by molar-refractivity contribution is 0.474. The van der Waals surface area contributed by atoms with Gasteiger partial charge in [0.2, 0.25) is 0 Å². The van der Waals surface area contributed by atoms with Crippen molar-refractivity contribution < 1.29 is 0 Å². The van der Waals surface area contributed by atoms with E-state index in [0.717, 1.165) is 18.3 Å². The molecular weight excluding hydrogens is 423 g/mol. The number of nitrogens with zero attached hydrogens (tertiary/aromatic N) is 5. The molecule has 0 fully saturated rings. The van der Waals surface area contributed by atoms with Gasteiger partial charge in [0, 0.05) is 32.6 Å². The molecule has 0 aliphatic heterocycles. The lowest BCUT2D eigenvalue weighted by Gasteiger charge is -2.22. The zero-order valence-electron chi connectivity index (χ0n) is 13.9. The standard InChI is InChI=1S/C15H22N6S.HI/c1-16-15(17-9-14-19-18-11-21(14)3)20(2)10-12-5-7-13(22-4)8-6-12;/h5-8,11H,9-10H2,1-4H3,(H,16,17);1H. The fourth-order valence-corrected chi connectivity index (χ4v) is 2.50. The van der Waals surface area contributed by atoms with Crippen LogP contribution in [0.1, 0.15) is 11.4 Å². The Kier molecular flexibility index (Phi) is 8.38. The second kappa shape index (κ2) is 9.76. The summed E-state index contributed by atoms with van der Waals surface area (Å²) in [5, 5.41) is 11.2. The summed E-state index contributed by atoms with van der Waals surface area (Å²) in [5.74, 6) is 1.70. The predicted octanol–water partition coefficient (Wildman–Crippen LogP) is 2.36. The number of aryl methyl sites for hydroxylation is 1. The number of hydrogen-bond acceptors (Lipinski definition) is 4. The smallest absolute Gasteiger partial charge is 0.194 e. The number of benzene rings is 1. The highest BCUT2D eigenvalue weighted by atomic mass is 127. The number of hydrogen-bond donors (Lipinski definition) is 1. The number of guanidine groups is 1. The van der Waals surface area contributed by atoms with Gasteiger partial charge in [0.15, 0.2) is 11.8 Å². The number of aromatic nitrogens is 3. The summed E-state index contributed by atoms with van der Waals surface area (Å²) in [5.41, 5.74) is 1.25. The molecular formula is C15H23IN6S. The highest BCUT2D eigenvalue weighted by Gasteiger charge is 2.08. The van der Waals surface area contributed by atoms with E-state index in [4.69, 9.17) is 0 Å². The molecule has 1 aromatic carbocycles. The van der Waals surface area contributed by atoms with Crippen molar-refractivity contribution in [2.45, 2.75) is 18.0 Å². The van der Waals surface area contributed by atoms with Crippen LogP contribution in [0.2, 0.25) is 0 Å². The van der Waals surface area contributed by atoms with Gasteiger partial charge in [0.05, 0.1) is 6.54 Å². The van der Waals surface area contributed by atoms with Crippen molar-refractivity contribution >= 4 is 41.7 Å². The van der Waals surface area contributed by atoms with Crippen LogP contribution in [0.5, 0.6) is 0 Å². The van der Waals surface area contributed by atoms with Crippen molar-refractivity contribution in [3.63, 3.8) is 0 Å². The Labute approximate surface area is 158 Å². The third-order valence-corrected chi connectivity index (χ3v) is 4.11. The minimum atomic E-state index is 0. The summed E-state index contributed by atoms with van der Waals surface area (Å²) in [6.07, 6.45) is 3.77. The SMILES string of the molecule is CN=C(NCc1nncn1C)N(C)Cc1ccc(SC)cc1.I. The first-order valence-electron chi connectivity index (χ1n) is 7.01. The molecule has 0 unspecified atom stereocenters. The monoisotopic (exact) mass is 446 g/mol. The molecule has 0 radical (unpaired) electrons. The third-order valence-electron chi connectivity index (χ3n) is 3.36. The van der Waals surface area contributed by atoms with Crippen LogP contribution in [0, 0.1) is 0 Å². The Bertz CT molecular complexity index is 625. The van der Waals surface area contributed by atoms with Crippen LogP contribution in [0.15, 0.2) is 40.5 Å². The number of nitrogens with one attached hydrogen (secondary N) is 1. The number of rotatable bonds is 5. The fraction of sp³-hybridized carbons (Fsp3) is 0.400. The summed E-state index contributed by atoms with van der Waals surface area (Å²) < 4.78 is 1.89. The second-order valence-corrected chi connectivity index (χ2v) is 5.84. The summed E-state index contributed by atoms with van der Waals surface area (Å²) in [6, 6.07) is 8.59. The van der Waals surface area contributed by atoms with Crippen LogP contribution in [0.4, 0.5) is 0 Å². The first-order chi connectivity index (χ1) is 10.6. The molecule has 0 aliphatic rings. The maximum absolute atomic E-state index is 4.32. The molecule has 8 heteroatoms. The Morgan fingerprint density at radius 1 is 1.35 bits per heavy atom. The van der Waals surface area contributed by atoms with Gasteiger partial charge in [-0.15, -0.1) is 45.9 Å². The van der Waals surface area contributed by atoms with Gasteiger partial charge in [0.25, 0.3) is 0 Å². The van der Waals surface area contributed by atoms with Crippen LogP contribution in [0.25, 0.3) is 0 Å². The summed E-state index contributed by atoms with van der Waals surface area (Å²) in [6.45, 7) is 1.39. The molecule has 23 heavy (non-hydrogen) atoms. The largest absolute Gasteiger partial charge is 0.349 e.